The lowest BCUT2D eigenvalue weighted by molar-refractivity contribution is -0.140. The molecule has 0 aromatic carbocycles. The van der Waals surface area contributed by atoms with Crippen molar-refractivity contribution >= 4 is 41.5 Å². The summed E-state index contributed by atoms with van der Waals surface area (Å²) >= 11 is 1.39. The van der Waals surface area contributed by atoms with Gasteiger partial charge in [0.05, 0.1) is 4.75 Å². The minimum Gasteiger partial charge on any atom is -0.480 e. The van der Waals surface area contributed by atoms with Crippen LogP contribution < -0.4 is 16.4 Å². The Kier molecular flexibility index (Phi) is 10.3. The van der Waals surface area contributed by atoms with E-state index >= 15 is 0 Å². The molecule has 13 heteroatoms. The monoisotopic (exact) mass is 652 g/mol. The number of ether oxygens (including phenoxy) is 1. The van der Waals surface area contributed by atoms with Crippen molar-refractivity contribution in [3.05, 3.63) is 65.2 Å². The van der Waals surface area contributed by atoms with Crippen molar-refractivity contribution in [3.63, 3.8) is 0 Å². The number of aromatic nitrogens is 1. The Morgan fingerprint density at radius 2 is 1.83 bits per heavy atom. The van der Waals surface area contributed by atoms with Crippen molar-refractivity contribution in [2.75, 3.05) is 12.3 Å². The van der Waals surface area contributed by atoms with E-state index in [1.165, 1.54) is 17.3 Å². The molecule has 0 radical (unpaired) electrons. The fraction of sp³-hybridized carbons (Fsp3) is 0.515. The van der Waals surface area contributed by atoms with Crippen LogP contribution in [0.25, 0.3) is 0 Å². The summed E-state index contributed by atoms with van der Waals surface area (Å²) in [6.45, 7) is -0.629. The van der Waals surface area contributed by atoms with Gasteiger partial charge in [-0.25, -0.2) is 0 Å². The van der Waals surface area contributed by atoms with Crippen LogP contribution in [0.2, 0.25) is 0 Å². The number of carboxylic acids is 2. The maximum Gasteiger partial charge on any atom is 0.322 e. The second kappa shape index (κ2) is 14.2. The topological polar surface area (TPSA) is 198 Å². The lowest BCUT2D eigenvalue weighted by Gasteiger charge is -2.45. The Morgan fingerprint density at radius 3 is 2.54 bits per heavy atom. The lowest BCUT2D eigenvalue weighted by Crippen LogP contribution is -2.50. The van der Waals surface area contributed by atoms with Gasteiger partial charge in [0, 0.05) is 30.0 Å². The number of allylic oxidation sites excluding steroid dienone is 2. The Labute approximate surface area is 271 Å². The highest BCUT2D eigenvalue weighted by Crippen LogP contribution is 2.60. The highest BCUT2D eigenvalue weighted by atomic mass is 32.2. The number of fused-ring (bicyclic) bond motifs is 2. The molecule has 246 valence electrons. The van der Waals surface area contributed by atoms with Gasteiger partial charge in [0.25, 0.3) is 0 Å². The molecule has 4 aliphatic rings. The molecule has 46 heavy (non-hydrogen) atoms. The third-order valence-corrected chi connectivity index (χ3v) is 10.8. The molecule has 1 aromatic heterocycles. The third-order valence-electron chi connectivity index (χ3n) is 9.22. The number of rotatable bonds is 13. The van der Waals surface area contributed by atoms with E-state index in [-0.39, 0.29) is 30.0 Å². The molecule has 3 aliphatic carbocycles. The van der Waals surface area contributed by atoms with Crippen molar-refractivity contribution in [2.45, 2.75) is 81.0 Å². The number of aliphatic carboxylic acids is 2. The lowest BCUT2D eigenvalue weighted by atomic mass is 9.60. The molecule has 0 fully saturated rings. The first-order valence-corrected chi connectivity index (χ1v) is 16.7. The van der Waals surface area contributed by atoms with Crippen LogP contribution >= 0.6 is 11.8 Å². The molecule has 12 nitrogen and oxygen atoms in total. The fourth-order valence-electron chi connectivity index (χ4n) is 6.93. The predicted octanol–water partition coefficient (Wildman–Crippen LogP) is 2.64. The van der Waals surface area contributed by atoms with Gasteiger partial charge in [0.15, 0.2) is 0 Å². The maximum absolute atomic E-state index is 13.5. The van der Waals surface area contributed by atoms with E-state index in [4.69, 9.17) is 20.7 Å². The largest absolute Gasteiger partial charge is 0.480 e. The SMILES string of the molecule is N[C@@H](CCC(=O)N[C@@H](CS[C@]12C=C[C@@]3(CCCCCC1)CC(Cc1ccncc1)=C[C@H]1C(=O)OC2=C13)C(=O)NCC(=O)O)C(=O)O. The van der Waals surface area contributed by atoms with Gasteiger partial charge in [-0.1, -0.05) is 49.5 Å². The molecule has 6 N–H and O–H groups in total. The number of nitrogens with two attached hydrogens (primary N) is 1. The molecule has 0 saturated carbocycles. The summed E-state index contributed by atoms with van der Waals surface area (Å²) in [6.07, 6.45) is 16.5. The highest BCUT2D eigenvalue weighted by Gasteiger charge is 2.56. The quantitative estimate of drug-likeness (QED) is 0.155. The Balaban J connectivity index is 1.42. The van der Waals surface area contributed by atoms with Crippen molar-refractivity contribution in [3.8, 4) is 0 Å². The molecule has 2 amide bonds. The van der Waals surface area contributed by atoms with Crippen LogP contribution in [0.4, 0.5) is 0 Å². The van der Waals surface area contributed by atoms with Gasteiger partial charge < -0.3 is 31.3 Å². The Morgan fingerprint density at radius 1 is 1.09 bits per heavy atom. The van der Waals surface area contributed by atoms with Crippen molar-refractivity contribution < 1.29 is 38.9 Å². The van der Waals surface area contributed by atoms with Gasteiger partial charge in [-0.3, -0.25) is 29.0 Å². The molecule has 0 saturated heterocycles. The number of hydrogen-bond acceptors (Lipinski definition) is 9. The van der Waals surface area contributed by atoms with Crippen LogP contribution in [0.15, 0.2) is 59.7 Å². The molecule has 5 atom stereocenters. The van der Waals surface area contributed by atoms with Gasteiger partial charge in [-0.2, -0.15) is 0 Å². The number of carboxylic acid groups (broad SMARTS) is 2. The standard InChI is InChI=1S/C33H40N4O8S/c34-23(30(42)43)5-6-25(38)37-24(29(41)36-18-26(39)40)19-46-33-10-4-2-1-3-9-32(11-12-33)17-21(15-20-7-13-35-14-8-20)16-22-27(32)28(33)45-31(22)44/h7-8,11-14,16,22-24H,1-6,9-10,15,17-19,34H2,(H,36,41)(H,37,38)(H,39,40)(H,42,43)/t22-,23+,24+,32+,33+/m1/s1. The summed E-state index contributed by atoms with van der Waals surface area (Å²) in [5, 5.41) is 23.1. The Bertz CT molecular complexity index is 1480. The van der Waals surface area contributed by atoms with Crippen molar-refractivity contribution in [1.29, 1.82) is 0 Å². The number of hydrogen-bond donors (Lipinski definition) is 5. The molecule has 1 aliphatic heterocycles. The van der Waals surface area contributed by atoms with Gasteiger partial charge in [0.1, 0.15) is 30.3 Å². The van der Waals surface area contributed by atoms with Crippen molar-refractivity contribution in [2.24, 2.45) is 17.1 Å². The molecule has 1 aromatic rings. The second-order valence-electron chi connectivity index (χ2n) is 12.5. The first kappa shape index (κ1) is 33.4. The number of esters is 1. The number of carbonyl (C=O) groups excluding carboxylic acids is 3. The highest BCUT2D eigenvalue weighted by molar-refractivity contribution is 8.01. The second-order valence-corrected chi connectivity index (χ2v) is 13.8. The number of amides is 2. The first-order chi connectivity index (χ1) is 22.0. The minimum atomic E-state index is -1.24. The number of nitrogens with zero attached hydrogens (tertiary/aromatic N) is 1. The summed E-state index contributed by atoms with van der Waals surface area (Å²) in [5.74, 6) is -3.87. The van der Waals surface area contributed by atoms with Crippen LogP contribution in [0, 0.1) is 11.3 Å². The van der Waals surface area contributed by atoms with Gasteiger partial charge >= 0.3 is 17.9 Å². The molecular weight excluding hydrogens is 612 g/mol. The van der Waals surface area contributed by atoms with Gasteiger partial charge in [-0.15, -0.1) is 11.8 Å². The summed E-state index contributed by atoms with van der Waals surface area (Å²) < 4.78 is 5.40. The zero-order valence-corrected chi connectivity index (χ0v) is 26.4. The number of carbonyl (C=O) groups is 5. The summed E-state index contributed by atoms with van der Waals surface area (Å²) in [6, 6.07) is 1.61. The zero-order chi connectivity index (χ0) is 32.9. The van der Waals surface area contributed by atoms with Crippen LogP contribution in [-0.4, -0.2) is 74.0 Å². The van der Waals surface area contributed by atoms with E-state index in [1.54, 1.807) is 12.4 Å². The van der Waals surface area contributed by atoms with Crippen LogP contribution in [0.3, 0.4) is 0 Å². The normalized spacial score (nSPS) is 26.3. The fourth-order valence-corrected chi connectivity index (χ4v) is 8.36. The average Bonchev–Trinajstić information content (AvgIpc) is 3.38. The van der Waals surface area contributed by atoms with E-state index in [2.05, 4.69) is 27.8 Å². The maximum atomic E-state index is 13.5. The number of nitrogens with one attached hydrogen (secondary N) is 2. The number of thioether (sulfide) groups is 1. The average molecular weight is 653 g/mol. The molecule has 2 bridgehead atoms. The van der Waals surface area contributed by atoms with E-state index in [9.17, 15) is 24.0 Å². The third kappa shape index (κ3) is 7.36. The van der Waals surface area contributed by atoms with E-state index in [0.717, 1.165) is 49.7 Å². The molecule has 1 spiro atoms. The number of pyridine rings is 1. The Hall–Kier alpha value is -3.97. The summed E-state index contributed by atoms with van der Waals surface area (Å²) in [7, 11) is 0. The van der Waals surface area contributed by atoms with Crippen LogP contribution in [-0.2, 0) is 35.1 Å². The molecule has 5 rings (SSSR count). The van der Waals surface area contributed by atoms with Crippen LogP contribution in [0.1, 0.15) is 63.4 Å². The summed E-state index contributed by atoms with van der Waals surface area (Å²) in [5.41, 5.74) is 8.48. The van der Waals surface area contributed by atoms with E-state index < -0.39 is 53.0 Å². The van der Waals surface area contributed by atoms with E-state index in [0.29, 0.717) is 18.6 Å². The smallest absolute Gasteiger partial charge is 0.322 e. The van der Waals surface area contributed by atoms with Crippen LogP contribution in [0.5, 0.6) is 0 Å². The molecular formula is C33H40N4O8S. The minimum absolute atomic E-state index is 0.0572. The van der Waals surface area contributed by atoms with Gasteiger partial charge in [-0.05, 0) is 55.4 Å². The molecule has 0 unspecified atom stereocenters. The van der Waals surface area contributed by atoms with Gasteiger partial charge in [0.2, 0.25) is 11.8 Å². The zero-order valence-electron chi connectivity index (χ0n) is 25.5. The van der Waals surface area contributed by atoms with Crippen molar-refractivity contribution in [1.82, 2.24) is 15.6 Å². The molecule has 2 heterocycles. The predicted molar refractivity (Wildman–Crippen MR) is 169 cm³/mol. The first-order valence-electron chi connectivity index (χ1n) is 15.7. The van der Waals surface area contributed by atoms with E-state index in [1.807, 2.05) is 18.2 Å². The summed E-state index contributed by atoms with van der Waals surface area (Å²) in [4.78, 5) is 65.8.